The molecule has 0 bridgehead atoms. The molecular formula is C45H37N3. The van der Waals surface area contributed by atoms with Crippen molar-refractivity contribution in [2.24, 2.45) is 0 Å². The maximum Gasteiger partial charge on any atom is 0.159 e. The average molecular weight is 620 g/mol. The summed E-state index contributed by atoms with van der Waals surface area (Å²) in [5.41, 5.74) is 14.6. The summed E-state index contributed by atoms with van der Waals surface area (Å²) >= 11 is 0. The van der Waals surface area contributed by atoms with Crippen LogP contribution in [0.2, 0.25) is 0 Å². The van der Waals surface area contributed by atoms with Gasteiger partial charge in [0.05, 0.1) is 16.7 Å². The topological polar surface area (TPSA) is 30.7 Å². The third-order valence-corrected chi connectivity index (χ3v) is 8.76. The third kappa shape index (κ3) is 5.72. The van der Waals surface area contributed by atoms with Gasteiger partial charge in [-0.05, 0) is 109 Å². The molecule has 0 atom stereocenters. The zero-order valence-corrected chi connectivity index (χ0v) is 27.6. The van der Waals surface area contributed by atoms with Gasteiger partial charge in [-0.1, -0.05) is 90.5 Å². The molecule has 8 aromatic rings. The lowest BCUT2D eigenvalue weighted by molar-refractivity contribution is 1.06. The van der Waals surface area contributed by atoms with E-state index in [1.54, 1.807) is 0 Å². The van der Waals surface area contributed by atoms with E-state index in [-0.39, 0.29) is 0 Å². The number of fused-ring (bicyclic) bond motifs is 3. The molecule has 0 radical (unpaired) electrons. The van der Waals surface area contributed by atoms with E-state index in [2.05, 4.69) is 164 Å². The van der Waals surface area contributed by atoms with Crippen LogP contribution in [0.15, 0.2) is 159 Å². The van der Waals surface area contributed by atoms with Crippen molar-refractivity contribution in [3.63, 3.8) is 0 Å². The summed E-state index contributed by atoms with van der Waals surface area (Å²) in [6.07, 6.45) is 0. The Morgan fingerprint density at radius 2 is 1.00 bits per heavy atom. The van der Waals surface area contributed by atoms with Gasteiger partial charge in [0.2, 0.25) is 0 Å². The molecule has 0 aliphatic carbocycles. The van der Waals surface area contributed by atoms with Gasteiger partial charge >= 0.3 is 0 Å². The Balaban J connectivity index is 0.00000179. The van der Waals surface area contributed by atoms with Crippen molar-refractivity contribution in [2.75, 3.05) is 0 Å². The fraction of sp³-hybridized carbons (Fsp3) is 0.0667. The highest BCUT2D eigenvalue weighted by Crippen LogP contribution is 2.40. The zero-order chi connectivity index (χ0) is 33.2. The van der Waals surface area contributed by atoms with Crippen molar-refractivity contribution in [1.29, 1.82) is 0 Å². The molecule has 3 heteroatoms. The fourth-order valence-corrected chi connectivity index (χ4v) is 6.68. The van der Waals surface area contributed by atoms with Gasteiger partial charge in [0.15, 0.2) is 5.82 Å². The summed E-state index contributed by atoms with van der Waals surface area (Å²) in [6, 6.07) is 52.4. The number of aryl methyl sites for hydroxylation is 3. The molecule has 0 unspecified atom stereocenters. The number of rotatable bonds is 5. The maximum atomic E-state index is 4.85. The first-order valence-corrected chi connectivity index (χ1v) is 16.2. The molecule has 232 valence electrons. The number of hydrogen-bond donors (Lipinski definition) is 0. The predicted octanol–water partition coefficient (Wildman–Crippen LogP) is 12.0. The Labute approximate surface area is 282 Å². The summed E-state index contributed by atoms with van der Waals surface area (Å²) in [4.78, 5) is 9.71. The number of para-hydroxylation sites is 1. The number of benzene rings is 6. The Hall–Kier alpha value is -6.06. The lowest BCUT2D eigenvalue weighted by atomic mass is 9.92. The molecule has 0 fully saturated rings. The summed E-state index contributed by atoms with van der Waals surface area (Å²) in [6.45, 7) is 12.2. The van der Waals surface area contributed by atoms with E-state index in [9.17, 15) is 0 Å². The summed E-state index contributed by atoms with van der Waals surface area (Å²) < 4.78 is 2.42. The van der Waals surface area contributed by atoms with E-state index in [0.29, 0.717) is 0 Å². The lowest BCUT2D eigenvalue weighted by Crippen LogP contribution is -2.00. The Kier molecular flexibility index (Phi) is 8.27. The molecule has 6 aromatic carbocycles. The van der Waals surface area contributed by atoms with E-state index in [4.69, 9.17) is 9.97 Å². The van der Waals surface area contributed by atoms with Crippen molar-refractivity contribution in [3.05, 3.63) is 176 Å². The highest BCUT2D eigenvalue weighted by Gasteiger charge is 2.19. The molecule has 2 aromatic heterocycles. The molecule has 0 saturated heterocycles. The second-order valence-corrected chi connectivity index (χ2v) is 12.1. The van der Waals surface area contributed by atoms with Crippen LogP contribution in [0.25, 0.3) is 72.3 Å². The third-order valence-electron chi connectivity index (χ3n) is 8.76. The first kappa shape index (κ1) is 30.6. The standard InChI is InChI=1S/C43H33N3.C2H4/c1-28-18-20-42-39(22-28)37-16-10-11-17-40(37)46(42)41-21-19-33(43-44-29(2)23-30(3)45-43)27-38(41)36-25-34(31-12-6-4-7-13-31)24-35(26-36)32-14-8-5-9-15-32;1-2/h4-27H,1-3H3;1-2H2. The first-order chi connectivity index (χ1) is 23.5. The largest absolute Gasteiger partial charge is 0.309 e. The predicted molar refractivity (Wildman–Crippen MR) is 204 cm³/mol. The minimum atomic E-state index is 0.741. The van der Waals surface area contributed by atoms with Crippen molar-refractivity contribution >= 4 is 21.8 Å². The van der Waals surface area contributed by atoms with Gasteiger partial charge in [-0.2, -0.15) is 0 Å². The number of nitrogens with zero attached hydrogens (tertiary/aromatic N) is 3. The van der Waals surface area contributed by atoms with Gasteiger partial charge in [0.25, 0.3) is 0 Å². The van der Waals surface area contributed by atoms with Crippen LogP contribution < -0.4 is 0 Å². The van der Waals surface area contributed by atoms with Crippen LogP contribution in [0.1, 0.15) is 17.0 Å². The maximum absolute atomic E-state index is 4.85. The van der Waals surface area contributed by atoms with E-state index < -0.39 is 0 Å². The van der Waals surface area contributed by atoms with E-state index in [1.165, 1.54) is 49.6 Å². The van der Waals surface area contributed by atoms with Gasteiger partial charge in [-0.25, -0.2) is 9.97 Å². The SMILES string of the molecule is C=C.Cc1ccc2c(c1)c1ccccc1n2-c1ccc(-c2nc(C)cc(C)n2)cc1-c1cc(-c2ccccc2)cc(-c2ccccc2)c1. The van der Waals surface area contributed by atoms with E-state index in [0.717, 1.165) is 39.6 Å². The molecule has 0 aliphatic rings. The second kappa shape index (κ2) is 13.0. The number of hydrogen-bond acceptors (Lipinski definition) is 2. The van der Waals surface area contributed by atoms with Crippen LogP contribution in [0.3, 0.4) is 0 Å². The van der Waals surface area contributed by atoms with Crippen molar-refractivity contribution in [2.45, 2.75) is 20.8 Å². The molecule has 3 nitrogen and oxygen atoms in total. The molecule has 48 heavy (non-hydrogen) atoms. The van der Waals surface area contributed by atoms with Gasteiger partial charge < -0.3 is 4.57 Å². The van der Waals surface area contributed by atoms with Crippen LogP contribution in [0.4, 0.5) is 0 Å². The molecule has 2 heterocycles. The zero-order valence-electron chi connectivity index (χ0n) is 27.6. The van der Waals surface area contributed by atoms with Crippen LogP contribution >= 0.6 is 0 Å². The van der Waals surface area contributed by atoms with Crippen LogP contribution in [0.5, 0.6) is 0 Å². The molecule has 0 spiro atoms. The van der Waals surface area contributed by atoms with E-state index in [1.807, 2.05) is 19.9 Å². The summed E-state index contributed by atoms with van der Waals surface area (Å²) in [7, 11) is 0. The van der Waals surface area contributed by atoms with Gasteiger partial charge in [0, 0.05) is 33.3 Å². The summed E-state index contributed by atoms with van der Waals surface area (Å²) in [5, 5.41) is 2.50. The average Bonchev–Trinajstić information content (AvgIpc) is 3.45. The molecular weight excluding hydrogens is 583 g/mol. The molecule has 0 amide bonds. The van der Waals surface area contributed by atoms with Gasteiger partial charge in [-0.15, -0.1) is 13.2 Å². The van der Waals surface area contributed by atoms with E-state index >= 15 is 0 Å². The fourth-order valence-electron chi connectivity index (χ4n) is 6.68. The van der Waals surface area contributed by atoms with Crippen molar-refractivity contribution in [1.82, 2.24) is 14.5 Å². The molecule has 0 aliphatic heterocycles. The quantitative estimate of drug-likeness (QED) is 0.179. The molecule has 0 N–H and O–H groups in total. The van der Waals surface area contributed by atoms with Crippen LogP contribution in [-0.4, -0.2) is 14.5 Å². The number of aromatic nitrogens is 3. The minimum Gasteiger partial charge on any atom is -0.309 e. The highest BCUT2D eigenvalue weighted by atomic mass is 15.0. The summed E-state index contributed by atoms with van der Waals surface area (Å²) in [5.74, 6) is 0.741. The normalized spacial score (nSPS) is 11.0. The Morgan fingerprint density at radius 1 is 0.438 bits per heavy atom. The minimum absolute atomic E-state index is 0.741. The molecule has 0 saturated carbocycles. The molecule has 8 rings (SSSR count). The second-order valence-electron chi connectivity index (χ2n) is 12.1. The van der Waals surface area contributed by atoms with Crippen LogP contribution in [0, 0.1) is 20.8 Å². The smallest absolute Gasteiger partial charge is 0.159 e. The Bertz CT molecular complexity index is 2320. The van der Waals surface area contributed by atoms with Crippen molar-refractivity contribution < 1.29 is 0 Å². The monoisotopic (exact) mass is 619 g/mol. The Morgan fingerprint density at radius 3 is 1.65 bits per heavy atom. The first-order valence-electron chi connectivity index (χ1n) is 16.2. The highest BCUT2D eigenvalue weighted by molar-refractivity contribution is 6.10. The lowest BCUT2D eigenvalue weighted by Gasteiger charge is -2.18. The van der Waals surface area contributed by atoms with Gasteiger partial charge in [-0.3, -0.25) is 0 Å². The van der Waals surface area contributed by atoms with Gasteiger partial charge in [0.1, 0.15) is 0 Å². The van der Waals surface area contributed by atoms with Crippen LogP contribution in [-0.2, 0) is 0 Å². The van der Waals surface area contributed by atoms with Crippen molar-refractivity contribution in [3.8, 4) is 50.5 Å².